The molecule has 0 saturated heterocycles. The fourth-order valence-electron chi connectivity index (χ4n) is 1.78. The molecule has 0 aliphatic heterocycles. The maximum atomic E-state index is 9.13. The van der Waals surface area contributed by atoms with Crippen LogP contribution in [-0.2, 0) is 0 Å². The highest BCUT2D eigenvalue weighted by Crippen LogP contribution is 2.23. The van der Waals surface area contributed by atoms with E-state index in [1.165, 1.54) is 0 Å². The Labute approximate surface area is 116 Å². The zero-order valence-corrected chi connectivity index (χ0v) is 10.7. The molecule has 0 amide bonds. The van der Waals surface area contributed by atoms with Crippen LogP contribution < -0.4 is 11.5 Å². The van der Waals surface area contributed by atoms with Crippen LogP contribution in [0.2, 0.25) is 0 Å². The smallest absolute Gasteiger partial charge is 0.211 e. The molecule has 0 aliphatic rings. The minimum Gasteiger partial charge on any atom is -0.369 e. The van der Waals surface area contributed by atoms with Gasteiger partial charge in [0.05, 0.1) is 17.8 Å². The summed E-state index contributed by atoms with van der Waals surface area (Å²) < 4.78 is 0. The number of nitrogens with zero attached hydrogens (tertiary/aromatic N) is 3. The number of guanidine groups is 1. The quantitative estimate of drug-likeness (QED) is 0.502. The van der Waals surface area contributed by atoms with Gasteiger partial charge in [-0.05, 0) is 28.8 Å². The molecule has 0 fully saturated rings. The summed E-state index contributed by atoms with van der Waals surface area (Å²) in [6, 6.07) is 17.2. The van der Waals surface area contributed by atoms with Gasteiger partial charge >= 0.3 is 0 Å². The molecule has 0 radical (unpaired) electrons. The lowest BCUT2D eigenvalue weighted by Crippen LogP contribution is -2.21. The molecular weight excluding hydrogens is 250 g/mol. The van der Waals surface area contributed by atoms with Crippen LogP contribution >= 0.6 is 0 Å². The monoisotopic (exact) mass is 263 g/mol. The Balaban J connectivity index is 2.38. The summed E-state index contributed by atoms with van der Waals surface area (Å²) >= 11 is 0. The van der Waals surface area contributed by atoms with Crippen LogP contribution in [-0.4, -0.2) is 12.2 Å². The summed E-state index contributed by atoms with van der Waals surface area (Å²) in [5.74, 6) is -0.0905. The van der Waals surface area contributed by atoms with Gasteiger partial charge in [0.2, 0.25) is 5.96 Å². The lowest BCUT2D eigenvalue weighted by atomic mass is 9.99. The lowest BCUT2D eigenvalue weighted by Gasteiger charge is -2.04. The number of nitrogens with two attached hydrogens (primary N) is 2. The maximum absolute atomic E-state index is 9.13. The Kier molecular flexibility index (Phi) is 4.10. The first-order valence-corrected chi connectivity index (χ1v) is 5.92. The molecule has 2 aromatic carbocycles. The molecule has 0 aliphatic carbocycles. The molecule has 0 spiro atoms. The van der Waals surface area contributed by atoms with E-state index in [0.717, 1.165) is 16.7 Å². The first-order valence-electron chi connectivity index (χ1n) is 5.92. The van der Waals surface area contributed by atoms with E-state index in [2.05, 4.69) is 16.3 Å². The van der Waals surface area contributed by atoms with Gasteiger partial charge in [0.15, 0.2) is 0 Å². The van der Waals surface area contributed by atoms with Crippen molar-refractivity contribution in [2.75, 3.05) is 0 Å². The number of hydrogen-bond donors (Lipinski definition) is 2. The van der Waals surface area contributed by atoms with Crippen molar-refractivity contribution >= 4 is 12.2 Å². The summed E-state index contributed by atoms with van der Waals surface area (Å²) in [6.07, 6.45) is 1.55. The Morgan fingerprint density at radius 2 is 1.90 bits per heavy atom. The van der Waals surface area contributed by atoms with Crippen molar-refractivity contribution in [2.45, 2.75) is 0 Å². The highest BCUT2D eigenvalue weighted by molar-refractivity contribution is 5.84. The van der Waals surface area contributed by atoms with Crippen LogP contribution in [0.1, 0.15) is 11.1 Å². The van der Waals surface area contributed by atoms with Crippen molar-refractivity contribution in [3.63, 3.8) is 0 Å². The Morgan fingerprint density at radius 1 is 1.10 bits per heavy atom. The average molecular weight is 263 g/mol. The molecule has 0 atom stereocenters. The van der Waals surface area contributed by atoms with Crippen molar-refractivity contribution in [3.05, 3.63) is 59.7 Å². The lowest BCUT2D eigenvalue weighted by molar-refractivity contribution is 1.21. The van der Waals surface area contributed by atoms with E-state index in [1.54, 1.807) is 12.3 Å². The number of benzene rings is 2. The van der Waals surface area contributed by atoms with E-state index < -0.39 is 0 Å². The fraction of sp³-hybridized carbons (Fsp3) is 0. The third-order valence-electron chi connectivity index (χ3n) is 2.63. The summed E-state index contributed by atoms with van der Waals surface area (Å²) in [5.41, 5.74) is 13.7. The SMILES string of the molecule is N#Cc1ccccc1-c1cccc(C=NN=C(N)N)c1. The van der Waals surface area contributed by atoms with Crippen LogP contribution in [0.3, 0.4) is 0 Å². The fourth-order valence-corrected chi connectivity index (χ4v) is 1.78. The number of hydrogen-bond acceptors (Lipinski definition) is 3. The van der Waals surface area contributed by atoms with Crippen LogP contribution in [0.25, 0.3) is 11.1 Å². The summed E-state index contributed by atoms with van der Waals surface area (Å²) in [6.45, 7) is 0. The van der Waals surface area contributed by atoms with Crippen molar-refractivity contribution < 1.29 is 0 Å². The molecule has 2 aromatic rings. The summed E-state index contributed by atoms with van der Waals surface area (Å²) in [7, 11) is 0. The van der Waals surface area contributed by atoms with Gasteiger partial charge < -0.3 is 11.5 Å². The topological polar surface area (TPSA) is 101 Å². The normalized spacial score (nSPS) is 10.2. The van der Waals surface area contributed by atoms with E-state index in [0.29, 0.717) is 5.56 Å². The van der Waals surface area contributed by atoms with E-state index in [9.17, 15) is 0 Å². The van der Waals surface area contributed by atoms with Crippen molar-refractivity contribution in [2.24, 2.45) is 21.7 Å². The van der Waals surface area contributed by atoms with E-state index in [-0.39, 0.29) is 5.96 Å². The van der Waals surface area contributed by atoms with Crippen LogP contribution in [0.5, 0.6) is 0 Å². The van der Waals surface area contributed by atoms with Gasteiger partial charge in [0.25, 0.3) is 0 Å². The van der Waals surface area contributed by atoms with Crippen LogP contribution in [0, 0.1) is 11.3 Å². The second kappa shape index (κ2) is 6.16. The van der Waals surface area contributed by atoms with Crippen molar-refractivity contribution in [1.82, 2.24) is 0 Å². The van der Waals surface area contributed by atoms with Gasteiger partial charge in [-0.25, -0.2) is 0 Å². The standard InChI is InChI=1S/C15H13N5/c16-9-13-5-1-2-7-14(13)12-6-3-4-11(8-12)10-19-20-15(17)18/h1-8,10H,(H4,17,18,20). The predicted octanol–water partition coefficient (Wildman–Crippen LogP) is 1.83. The van der Waals surface area contributed by atoms with Crippen molar-refractivity contribution in [1.29, 1.82) is 5.26 Å². The zero-order chi connectivity index (χ0) is 14.4. The molecule has 5 nitrogen and oxygen atoms in total. The molecule has 0 heterocycles. The van der Waals surface area contributed by atoms with Gasteiger partial charge in [-0.3, -0.25) is 0 Å². The Bertz CT molecular complexity index is 706. The first kappa shape index (κ1) is 13.3. The van der Waals surface area contributed by atoms with Gasteiger partial charge in [-0.15, -0.1) is 5.10 Å². The minimum absolute atomic E-state index is 0.0905. The van der Waals surface area contributed by atoms with E-state index >= 15 is 0 Å². The van der Waals surface area contributed by atoms with Gasteiger partial charge in [-0.1, -0.05) is 36.4 Å². The molecule has 0 aromatic heterocycles. The molecule has 0 bridgehead atoms. The van der Waals surface area contributed by atoms with Gasteiger partial charge in [-0.2, -0.15) is 10.4 Å². The minimum atomic E-state index is -0.0905. The van der Waals surface area contributed by atoms with Crippen LogP contribution in [0.4, 0.5) is 0 Å². The van der Waals surface area contributed by atoms with E-state index in [1.807, 2.05) is 42.5 Å². The Morgan fingerprint density at radius 3 is 2.65 bits per heavy atom. The molecule has 0 saturated carbocycles. The van der Waals surface area contributed by atoms with Gasteiger partial charge in [0, 0.05) is 0 Å². The Hall–Kier alpha value is -3.13. The molecule has 4 N–H and O–H groups in total. The van der Waals surface area contributed by atoms with Crippen LogP contribution in [0.15, 0.2) is 58.7 Å². The molecule has 2 rings (SSSR count). The summed E-state index contributed by atoms with van der Waals surface area (Å²) in [5, 5.41) is 16.4. The number of nitriles is 1. The molecule has 20 heavy (non-hydrogen) atoms. The molecule has 98 valence electrons. The summed E-state index contributed by atoms with van der Waals surface area (Å²) in [4.78, 5) is 0. The third-order valence-corrected chi connectivity index (χ3v) is 2.63. The highest BCUT2D eigenvalue weighted by Gasteiger charge is 2.03. The highest BCUT2D eigenvalue weighted by atomic mass is 15.3. The second-order valence-electron chi connectivity index (χ2n) is 4.05. The zero-order valence-electron chi connectivity index (χ0n) is 10.7. The van der Waals surface area contributed by atoms with E-state index in [4.69, 9.17) is 16.7 Å². The first-order chi connectivity index (χ1) is 9.70. The third kappa shape index (κ3) is 3.21. The largest absolute Gasteiger partial charge is 0.369 e. The second-order valence-corrected chi connectivity index (χ2v) is 4.05. The van der Waals surface area contributed by atoms with Gasteiger partial charge in [0.1, 0.15) is 0 Å². The molecule has 5 heteroatoms. The average Bonchev–Trinajstić information content (AvgIpc) is 2.47. The van der Waals surface area contributed by atoms with Crippen molar-refractivity contribution in [3.8, 4) is 17.2 Å². The molecule has 0 unspecified atom stereocenters. The molecular formula is C15H13N5. The number of rotatable bonds is 3. The maximum Gasteiger partial charge on any atom is 0.211 e. The predicted molar refractivity (Wildman–Crippen MR) is 80.0 cm³/mol.